The molecular formula is C10H18O. The zero-order valence-electron chi connectivity index (χ0n) is 7.29. The second-order valence-electron chi connectivity index (χ2n) is 2.50. The standard InChI is InChI=1S/C10H18O/c1-2-3-4-5-6-7-8-9-10-11/h5-6,8-9,11H,2-4,7,10H2,1H3/b6-5+,9-8+. The van der Waals surface area contributed by atoms with Gasteiger partial charge >= 0.3 is 0 Å². The van der Waals surface area contributed by atoms with Crippen molar-refractivity contribution >= 4 is 0 Å². The average molecular weight is 154 g/mol. The summed E-state index contributed by atoms with van der Waals surface area (Å²) in [6.45, 7) is 2.35. The summed E-state index contributed by atoms with van der Waals surface area (Å²) < 4.78 is 0. The van der Waals surface area contributed by atoms with Gasteiger partial charge in [0.2, 0.25) is 0 Å². The van der Waals surface area contributed by atoms with Crippen molar-refractivity contribution in [3.05, 3.63) is 24.3 Å². The van der Waals surface area contributed by atoms with Crippen LogP contribution in [0.4, 0.5) is 0 Å². The molecule has 1 heteroatoms. The Morgan fingerprint density at radius 2 is 1.82 bits per heavy atom. The summed E-state index contributed by atoms with van der Waals surface area (Å²) in [5.74, 6) is 0. The van der Waals surface area contributed by atoms with Crippen molar-refractivity contribution in [2.24, 2.45) is 0 Å². The zero-order chi connectivity index (χ0) is 8.36. The first-order chi connectivity index (χ1) is 5.41. The van der Waals surface area contributed by atoms with E-state index in [1.807, 2.05) is 6.08 Å². The Bertz CT molecular complexity index is 114. The van der Waals surface area contributed by atoms with E-state index in [0.717, 1.165) is 6.42 Å². The Kier molecular flexibility index (Phi) is 8.96. The van der Waals surface area contributed by atoms with E-state index in [4.69, 9.17) is 5.11 Å². The maximum atomic E-state index is 8.40. The van der Waals surface area contributed by atoms with Crippen molar-refractivity contribution in [3.8, 4) is 0 Å². The van der Waals surface area contributed by atoms with Crippen LogP contribution < -0.4 is 0 Å². The van der Waals surface area contributed by atoms with Gasteiger partial charge in [0.15, 0.2) is 0 Å². The number of unbranched alkanes of at least 4 members (excludes halogenated alkanes) is 2. The maximum Gasteiger partial charge on any atom is 0.0612 e. The molecule has 0 amide bonds. The molecule has 0 saturated heterocycles. The van der Waals surface area contributed by atoms with Gasteiger partial charge < -0.3 is 5.11 Å². The van der Waals surface area contributed by atoms with Crippen molar-refractivity contribution in [1.82, 2.24) is 0 Å². The molecule has 0 atom stereocenters. The molecule has 0 spiro atoms. The van der Waals surface area contributed by atoms with Crippen LogP contribution in [0.2, 0.25) is 0 Å². The van der Waals surface area contributed by atoms with Gasteiger partial charge in [-0.2, -0.15) is 0 Å². The highest BCUT2D eigenvalue weighted by Crippen LogP contribution is 1.96. The molecule has 0 aromatic carbocycles. The number of aliphatic hydroxyl groups is 1. The third-order valence-corrected chi connectivity index (χ3v) is 1.44. The van der Waals surface area contributed by atoms with Crippen LogP contribution in [-0.2, 0) is 0 Å². The molecule has 0 aliphatic heterocycles. The highest BCUT2D eigenvalue weighted by atomic mass is 16.2. The Labute approximate surface area is 69.4 Å². The minimum atomic E-state index is 0.156. The van der Waals surface area contributed by atoms with Crippen LogP contribution in [0, 0.1) is 0 Å². The van der Waals surface area contributed by atoms with Gasteiger partial charge in [-0.3, -0.25) is 0 Å². The molecule has 1 nitrogen and oxygen atoms in total. The summed E-state index contributed by atoms with van der Waals surface area (Å²) in [7, 11) is 0. The highest BCUT2D eigenvalue weighted by molar-refractivity contribution is 4.92. The van der Waals surface area contributed by atoms with Gasteiger partial charge in [-0.25, -0.2) is 0 Å². The monoisotopic (exact) mass is 154 g/mol. The number of hydrogen-bond donors (Lipinski definition) is 1. The van der Waals surface area contributed by atoms with E-state index in [0.29, 0.717) is 0 Å². The van der Waals surface area contributed by atoms with Crippen molar-refractivity contribution in [1.29, 1.82) is 0 Å². The lowest BCUT2D eigenvalue weighted by molar-refractivity contribution is 0.342. The van der Waals surface area contributed by atoms with Crippen LogP contribution in [-0.4, -0.2) is 11.7 Å². The fourth-order valence-electron chi connectivity index (χ4n) is 0.785. The predicted molar refractivity (Wildman–Crippen MR) is 49.5 cm³/mol. The molecule has 0 aromatic heterocycles. The Hall–Kier alpha value is -0.560. The van der Waals surface area contributed by atoms with Gasteiger partial charge in [0, 0.05) is 0 Å². The first kappa shape index (κ1) is 10.4. The molecule has 0 aliphatic carbocycles. The number of allylic oxidation sites excluding steroid dienone is 3. The smallest absolute Gasteiger partial charge is 0.0612 e. The first-order valence-electron chi connectivity index (χ1n) is 4.32. The molecule has 0 saturated carbocycles. The van der Waals surface area contributed by atoms with Gasteiger partial charge in [0.25, 0.3) is 0 Å². The fraction of sp³-hybridized carbons (Fsp3) is 0.600. The lowest BCUT2D eigenvalue weighted by Gasteiger charge is -1.86. The molecule has 1 N–H and O–H groups in total. The van der Waals surface area contributed by atoms with Gasteiger partial charge in [-0.05, 0) is 12.8 Å². The van der Waals surface area contributed by atoms with E-state index in [2.05, 4.69) is 19.1 Å². The van der Waals surface area contributed by atoms with Crippen LogP contribution >= 0.6 is 0 Å². The molecule has 0 unspecified atom stereocenters. The second-order valence-corrected chi connectivity index (χ2v) is 2.50. The molecular weight excluding hydrogens is 136 g/mol. The average Bonchev–Trinajstić information content (AvgIpc) is 2.03. The molecule has 0 heterocycles. The summed E-state index contributed by atoms with van der Waals surface area (Å²) >= 11 is 0. The van der Waals surface area contributed by atoms with Crippen LogP contribution in [0.25, 0.3) is 0 Å². The number of aliphatic hydroxyl groups excluding tert-OH is 1. The largest absolute Gasteiger partial charge is 0.392 e. The molecule has 0 aliphatic rings. The summed E-state index contributed by atoms with van der Waals surface area (Å²) in [4.78, 5) is 0. The van der Waals surface area contributed by atoms with Crippen LogP contribution in [0.15, 0.2) is 24.3 Å². The molecule has 0 aromatic rings. The molecule has 64 valence electrons. The Morgan fingerprint density at radius 3 is 2.45 bits per heavy atom. The van der Waals surface area contributed by atoms with Crippen LogP contribution in [0.3, 0.4) is 0 Å². The van der Waals surface area contributed by atoms with Gasteiger partial charge in [-0.15, -0.1) is 0 Å². The summed E-state index contributed by atoms with van der Waals surface area (Å²) in [5.41, 5.74) is 0. The third-order valence-electron chi connectivity index (χ3n) is 1.44. The fourth-order valence-corrected chi connectivity index (χ4v) is 0.785. The first-order valence-corrected chi connectivity index (χ1v) is 4.32. The van der Waals surface area contributed by atoms with E-state index in [9.17, 15) is 0 Å². The molecule has 0 bridgehead atoms. The van der Waals surface area contributed by atoms with Crippen LogP contribution in [0.5, 0.6) is 0 Å². The minimum Gasteiger partial charge on any atom is -0.392 e. The Balaban J connectivity index is 3.09. The third kappa shape index (κ3) is 9.44. The van der Waals surface area contributed by atoms with Crippen LogP contribution in [0.1, 0.15) is 32.6 Å². The van der Waals surface area contributed by atoms with Crippen molar-refractivity contribution in [3.63, 3.8) is 0 Å². The zero-order valence-corrected chi connectivity index (χ0v) is 7.29. The van der Waals surface area contributed by atoms with Crippen molar-refractivity contribution in [2.45, 2.75) is 32.6 Å². The maximum absolute atomic E-state index is 8.40. The van der Waals surface area contributed by atoms with E-state index >= 15 is 0 Å². The van der Waals surface area contributed by atoms with Gasteiger partial charge in [-0.1, -0.05) is 44.1 Å². The molecule has 0 radical (unpaired) electrons. The van der Waals surface area contributed by atoms with E-state index in [1.54, 1.807) is 6.08 Å². The highest BCUT2D eigenvalue weighted by Gasteiger charge is 1.76. The lowest BCUT2D eigenvalue weighted by atomic mass is 10.2. The van der Waals surface area contributed by atoms with Gasteiger partial charge in [0.1, 0.15) is 0 Å². The summed E-state index contributed by atoms with van der Waals surface area (Å²) in [5, 5.41) is 8.40. The van der Waals surface area contributed by atoms with Crippen molar-refractivity contribution < 1.29 is 5.11 Å². The molecule has 0 fully saturated rings. The summed E-state index contributed by atoms with van der Waals surface area (Å²) in [6, 6.07) is 0. The Morgan fingerprint density at radius 1 is 1.09 bits per heavy atom. The van der Waals surface area contributed by atoms with E-state index < -0.39 is 0 Å². The number of hydrogen-bond acceptors (Lipinski definition) is 1. The molecule has 0 rings (SSSR count). The van der Waals surface area contributed by atoms with E-state index in [-0.39, 0.29) is 6.61 Å². The van der Waals surface area contributed by atoms with Gasteiger partial charge in [0.05, 0.1) is 6.61 Å². The second kappa shape index (κ2) is 9.44. The summed E-state index contributed by atoms with van der Waals surface area (Å²) in [6.07, 6.45) is 12.8. The van der Waals surface area contributed by atoms with Crippen molar-refractivity contribution in [2.75, 3.05) is 6.61 Å². The topological polar surface area (TPSA) is 20.2 Å². The number of rotatable bonds is 6. The lowest BCUT2D eigenvalue weighted by Crippen LogP contribution is -1.70. The molecule has 11 heavy (non-hydrogen) atoms. The quantitative estimate of drug-likeness (QED) is 0.460. The van der Waals surface area contributed by atoms with E-state index in [1.165, 1.54) is 19.3 Å². The normalized spacial score (nSPS) is 11.8. The minimum absolute atomic E-state index is 0.156. The SMILES string of the molecule is CCCC/C=C/C/C=C/CO. The predicted octanol–water partition coefficient (Wildman–Crippen LogP) is 2.67.